The lowest BCUT2D eigenvalue weighted by Crippen LogP contribution is -2.36. The average molecular weight is 275 g/mol. The van der Waals surface area contributed by atoms with E-state index in [9.17, 15) is 18.0 Å². The zero-order chi connectivity index (χ0) is 13.9. The second-order valence-electron chi connectivity index (χ2n) is 4.04. The summed E-state index contributed by atoms with van der Waals surface area (Å²) in [5.41, 5.74) is -1.56. The lowest BCUT2D eigenvalue weighted by atomic mass is 10.3. The van der Waals surface area contributed by atoms with E-state index in [4.69, 9.17) is 0 Å². The molecule has 0 unspecified atom stereocenters. The van der Waals surface area contributed by atoms with Gasteiger partial charge in [0, 0.05) is 19.3 Å². The highest BCUT2D eigenvalue weighted by atomic mass is 32.2. The summed E-state index contributed by atoms with van der Waals surface area (Å²) in [6, 6.07) is 0. The Kier molecular flexibility index (Phi) is 4.47. The van der Waals surface area contributed by atoms with Crippen LogP contribution < -0.4 is 11.2 Å². The van der Waals surface area contributed by atoms with Crippen LogP contribution in [-0.2, 0) is 10.0 Å². The Morgan fingerprint density at radius 2 is 1.83 bits per heavy atom. The maximum Gasteiger partial charge on any atom is 0.325 e. The van der Waals surface area contributed by atoms with E-state index in [0.717, 1.165) is 10.7 Å². The van der Waals surface area contributed by atoms with Crippen molar-refractivity contribution in [2.24, 2.45) is 0 Å². The van der Waals surface area contributed by atoms with Crippen molar-refractivity contribution in [3.8, 4) is 0 Å². The van der Waals surface area contributed by atoms with Crippen molar-refractivity contribution in [2.75, 3.05) is 13.6 Å². The molecule has 0 saturated carbocycles. The van der Waals surface area contributed by atoms with Gasteiger partial charge in [-0.15, -0.1) is 0 Å². The van der Waals surface area contributed by atoms with Crippen LogP contribution >= 0.6 is 0 Å². The van der Waals surface area contributed by atoms with Crippen LogP contribution in [0.4, 0.5) is 0 Å². The monoisotopic (exact) mass is 275 g/mol. The Morgan fingerprint density at radius 1 is 1.22 bits per heavy atom. The first-order valence-electron chi connectivity index (χ1n) is 5.60. The average Bonchev–Trinajstić information content (AvgIpc) is 2.23. The summed E-state index contributed by atoms with van der Waals surface area (Å²) in [7, 11) is -2.46. The van der Waals surface area contributed by atoms with Crippen molar-refractivity contribution < 1.29 is 8.42 Å². The van der Waals surface area contributed by atoms with Crippen LogP contribution in [-0.4, -0.2) is 36.3 Å². The molecule has 0 fully saturated rings. The molecule has 1 heterocycles. The summed E-state index contributed by atoms with van der Waals surface area (Å²) in [5, 5.41) is 0. The molecular weight excluding hydrogens is 258 g/mol. The molecule has 0 saturated heterocycles. The summed E-state index contributed by atoms with van der Waals surface area (Å²) in [6.45, 7) is 3.66. The fraction of sp³-hybridized carbons (Fsp3) is 0.600. The third-order valence-corrected chi connectivity index (χ3v) is 4.58. The van der Waals surface area contributed by atoms with Crippen molar-refractivity contribution in [2.45, 2.75) is 31.6 Å². The number of nitrogens with one attached hydrogen (secondary N) is 2. The van der Waals surface area contributed by atoms with E-state index in [-0.39, 0.29) is 5.69 Å². The maximum absolute atomic E-state index is 12.2. The first-order chi connectivity index (χ1) is 8.30. The molecule has 1 aromatic rings. The molecule has 2 N–H and O–H groups in total. The van der Waals surface area contributed by atoms with E-state index in [2.05, 4.69) is 4.98 Å². The molecule has 7 nitrogen and oxygen atoms in total. The number of unbranched alkanes of at least 4 members (excludes halogenated alkanes) is 1. The van der Waals surface area contributed by atoms with Gasteiger partial charge in [0.2, 0.25) is 10.0 Å². The number of H-pyrrole nitrogens is 2. The van der Waals surface area contributed by atoms with E-state index in [1.165, 1.54) is 14.0 Å². The molecule has 1 aromatic heterocycles. The molecule has 0 amide bonds. The van der Waals surface area contributed by atoms with Crippen LogP contribution in [0.2, 0.25) is 0 Å². The van der Waals surface area contributed by atoms with E-state index in [0.29, 0.717) is 13.0 Å². The molecule has 0 radical (unpaired) electrons. The summed E-state index contributed by atoms with van der Waals surface area (Å²) < 4.78 is 25.5. The third-order valence-electron chi connectivity index (χ3n) is 2.57. The highest BCUT2D eigenvalue weighted by molar-refractivity contribution is 7.89. The molecule has 8 heteroatoms. The molecule has 0 spiro atoms. The van der Waals surface area contributed by atoms with E-state index in [1.807, 2.05) is 11.9 Å². The van der Waals surface area contributed by atoms with Gasteiger partial charge >= 0.3 is 5.69 Å². The fourth-order valence-corrected chi connectivity index (χ4v) is 2.96. The second-order valence-corrected chi connectivity index (χ2v) is 6.02. The lowest BCUT2D eigenvalue weighted by molar-refractivity contribution is 0.457. The van der Waals surface area contributed by atoms with Gasteiger partial charge in [0.05, 0.1) is 0 Å². The number of sulfonamides is 1. The minimum absolute atomic E-state index is 0.0482. The molecule has 0 bridgehead atoms. The molecule has 0 aliphatic heterocycles. The molecule has 1 rings (SSSR count). The van der Waals surface area contributed by atoms with Gasteiger partial charge in [-0.05, 0) is 13.3 Å². The van der Waals surface area contributed by atoms with Gasteiger partial charge in [-0.25, -0.2) is 17.5 Å². The van der Waals surface area contributed by atoms with E-state index >= 15 is 0 Å². The van der Waals surface area contributed by atoms with Gasteiger partial charge < -0.3 is 4.98 Å². The van der Waals surface area contributed by atoms with Crippen LogP contribution in [0.3, 0.4) is 0 Å². The molecule has 18 heavy (non-hydrogen) atoms. The predicted molar refractivity (Wildman–Crippen MR) is 67.1 cm³/mol. The van der Waals surface area contributed by atoms with Crippen LogP contribution in [0.5, 0.6) is 0 Å². The molecule has 0 aromatic carbocycles. The summed E-state index contributed by atoms with van der Waals surface area (Å²) in [5.74, 6) is 0. The topological polar surface area (TPSA) is 103 Å². The Morgan fingerprint density at radius 3 is 2.33 bits per heavy atom. The van der Waals surface area contributed by atoms with Crippen molar-refractivity contribution in [3.05, 3.63) is 26.5 Å². The van der Waals surface area contributed by atoms with Gasteiger partial charge in [0.15, 0.2) is 4.90 Å². The quantitative estimate of drug-likeness (QED) is 0.776. The minimum atomic E-state index is -3.87. The number of aromatic nitrogens is 2. The van der Waals surface area contributed by atoms with Crippen LogP contribution in [0.15, 0.2) is 14.5 Å². The van der Waals surface area contributed by atoms with Gasteiger partial charge in [0.25, 0.3) is 5.56 Å². The number of nitrogens with zero attached hydrogens (tertiary/aromatic N) is 1. The summed E-state index contributed by atoms with van der Waals surface area (Å²) >= 11 is 0. The normalized spacial score (nSPS) is 12.0. The van der Waals surface area contributed by atoms with E-state index in [1.54, 1.807) is 0 Å². The van der Waals surface area contributed by atoms with Gasteiger partial charge in [-0.1, -0.05) is 13.3 Å². The second kappa shape index (κ2) is 5.49. The summed E-state index contributed by atoms with van der Waals surface area (Å²) in [6.07, 6.45) is 1.55. The zero-order valence-corrected chi connectivity index (χ0v) is 11.4. The summed E-state index contributed by atoms with van der Waals surface area (Å²) in [4.78, 5) is 26.4. The van der Waals surface area contributed by atoms with Gasteiger partial charge in [-0.2, -0.15) is 0 Å². The smallest absolute Gasteiger partial charge is 0.310 e. The van der Waals surface area contributed by atoms with Gasteiger partial charge in [-0.3, -0.25) is 9.78 Å². The zero-order valence-electron chi connectivity index (χ0n) is 10.6. The first-order valence-corrected chi connectivity index (χ1v) is 7.04. The lowest BCUT2D eigenvalue weighted by Gasteiger charge is -2.16. The van der Waals surface area contributed by atoms with Crippen LogP contribution in [0, 0.1) is 6.92 Å². The van der Waals surface area contributed by atoms with Crippen molar-refractivity contribution in [1.29, 1.82) is 0 Å². The van der Waals surface area contributed by atoms with Gasteiger partial charge in [0.1, 0.15) is 0 Å². The van der Waals surface area contributed by atoms with Crippen LogP contribution in [0.1, 0.15) is 25.5 Å². The van der Waals surface area contributed by atoms with Crippen molar-refractivity contribution in [1.82, 2.24) is 14.3 Å². The number of hydrogen-bond donors (Lipinski definition) is 2. The molecular formula is C10H17N3O4S. The minimum Gasteiger partial charge on any atom is -0.310 e. The highest BCUT2D eigenvalue weighted by Gasteiger charge is 2.26. The maximum atomic E-state index is 12.2. The standard InChI is InChI=1S/C10H17N3O4S/c1-4-5-6-13(3)18(16,17)8-7(2)11-10(15)12-9(8)14/h4-6H2,1-3H3,(H2,11,12,14,15). The Hall–Kier alpha value is -1.41. The number of hydrogen-bond acceptors (Lipinski definition) is 4. The van der Waals surface area contributed by atoms with Crippen LogP contribution in [0.25, 0.3) is 0 Å². The predicted octanol–water partition coefficient (Wildman–Crippen LogP) is -0.208. The SMILES string of the molecule is CCCCN(C)S(=O)(=O)c1c(C)[nH]c(=O)[nH]c1=O. The molecule has 102 valence electrons. The Bertz CT molecular complexity index is 629. The van der Waals surface area contributed by atoms with Crippen molar-refractivity contribution >= 4 is 10.0 Å². The fourth-order valence-electron chi connectivity index (χ4n) is 1.56. The molecule has 0 aliphatic rings. The Labute approximate surface area is 105 Å². The number of aryl methyl sites for hydroxylation is 1. The van der Waals surface area contributed by atoms with Crippen molar-refractivity contribution in [3.63, 3.8) is 0 Å². The number of rotatable bonds is 5. The molecule has 0 aliphatic carbocycles. The first kappa shape index (κ1) is 14.7. The largest absolute Gasteiger partial charge is 0.325 e. The molecule has 0 atom stereocenters. The highest BCUT2D eigenvalue weighted by Crippen LogP contribution is 2.12. The third kappa shape index (κ3) is 2.88. The number of aromatic amines is 2. The Balaban J connectivity index is 3.29. The van der Waals surface area contributed by atoms with E-state index < -0.39 is 26.2 Å².